The fraction of sp³-hybridized carbons (Fsp3) is 0.250. The summed E-state index contributed by atoms with van der Waals surface area (Å²) >= 11 is 0. The highest BCUT2D eigenvalue weighted by Gasteiger charge is 2.23. The van der Waals surface area contributed by atoms with Gasteiger partial charge in [0.05, 0.1) is 27.1 Å². The molecule has 6 nitrogen and oxygen atoms in total. The van der Waals surface area contributed by atoms with Crippen LogP contribution < -0.4 is 14.2 Å². The molecule has 1 aliphatic carbocycles. The minimum atomic E-state index is 0.0473. The largest absolute Gasteiger partial charge is 0.497 e. The zero-order valence-electron chi connectivity index (χ0n) is 17.1. The first kappa shape index (κ1) is 19.8. The van der Waals surface area contributed by atoms with E-state index < -0.39 is 0 Å². The van der Waals surface area contributed by atoms with Crippen molar-refractivity contribution in [1.82, 2.24) is 9.55 Å². The maximum Gasteiger partial charge on any atom is 0.189 e. The second kappa shape index (κ2) is 8.86. The van der Waals surface area contributed by atoms with Crippen LogP contribution in [0.25, 0.3) is 6.08 Å². The van der Waals surface area contributed by atoms with E-state index in [0.717, 1.165) is 46.7 Å². The number of aryl methyl sites for hydroxylation is 1. The van der Waals surface area contributed by atoms with Crippen LogP contribution in [0.3, 0.4) is 0 Å². The van der Waals surface area contributed by atoms with Gasteiger partial charge in [-0.1, -0.05) is 0 Å². The first-order valence-electron chi connectivity index (χ1n) is 9.86. The Morgan fingerprint density at radius 3 is 2.70 bits per heavy atom. The van der Waals surface area contributed by atoms with Gasteiger partial charge < -0.3 is 18.8 Å². The quantitative estimate of drug-likeness (QED) is 0.553. The van der Waals surface area contributed by atoms with E-state index in [9.17, 15) is 4.79 Å². The Hall–Kier alpha value is -3.54. The Balaban J connectivity index is 1.50. The molecule has 1 aliphatic rings. The van der Waals surface area contributed by atoms with Crippen LogP contribution in [-0.4, -0.2) is 36.2 Å². The molecule has 1 aromatic heterocycles. The van der Waals surface area contributed by atoms with Gasteiger partial charge in [0.2, 0.25) is 0 Å². The highest BCUT2D eigenvalue weighted by Crippen LogP contribution is 2.32. The number of hydrogen-bond acceptors (Lipinski definition) is 5. The number of carbonyl (C=O) groups excluding carboxylic acids is 1. The number of ketones is 1. The Labute approximate surface area is 175 Å². The van der Waals surface area contributed by atoms with E-state index in [1.807, 2.05) is 53.2 Å². The van der Waals surface area contributed by atoms with Crippen molar-refractivity contribution in [2.75, 3.05) is 20.8 Å². The number of hydrogen-bond donors (Lipinski definition) is 0. The third-order valence-electron chi connectivity index (χ3n) is 5.22. The fourth-order valence-electron chi connectivity index (χ4n) is 3.61. The van der Waals surface area contributed by atoms with E-state index in [1.54, 1.807) is 26.7 Å². The van der Waals surface area contributed by atoms with Crippen molar-refractivity contribution in [1.29, 1.82) is 0 Å². The van der Waals surface area contributed by atoms with Crippen molar-refractivity contribution in [3.8, 4) is 17.2 Å². The maximum absolute atomic E-state index is 13.1. The van der Waals surface area contributed by atoms with Gasteiger partial charge in [-0.2, -0.15) is 0 Å². The van der Waals surface area contributed by atoms with E-state index in [0.29, 0.717) is 18.8 Å². The van der Waals surface area contributed by atoms with Crippen LogP contribution in [0.1, 0.15) is 27.9 Å². The lowest BCUT2D eigenvalue weighted by Crippen LogP contribution is -2.14. The molecule has 0 spiro atoms. The molecule has 0 atom stereocenters. The Morgan fingerprint density at radius 1 is 1.07 bits per heavy atom. The molecule has 0 bridgehead atoms. The fourth-order valence-corrected chi connectivity index (χ4v) is 3.61. The SMILES string of the molecule is COc1ccc(OC)c(/C=C2\CCc3cc(OCCn4ccnc4)ccc3C2=O)c1. The first-order chi connectivity index (χ1) is 14.7. The Kier molecular flexibility index (Phi) is 5.84. The molecule has 154 valence electrons. The maximum atomic E-state index is 13.1. The normalized spacial score (nSPS) is 14.5. The van der Waals surface area contributed by atoms with Crippen LogP contribution in [0, 0.1) is 0 Å². The minimum Gasteiger partial charge on any atom is -0.497 e. The van der Waals surface area contributed by atoms with Crippen molar-refractivity contribution >= 4 is 11.9 Å². The van der Waals surface area contributed by atoms with E-state index >= 15 is 0 Å². The summed E-state index contributed by atoms with van der Waals surface area (Å²) in [6.07, 6.45) is 8.78. The van der Waals surface area contributed by atoms with Crippen LogP contribution in [-0.2, 0) is 13.0 Å². The predicted molar refractivity (Wildman–Crippen MR) is 114 cm³/mol. The molecule has 0 amide bonds. The monoisotopic (exact) mass is 404 g/mol. The summed E-state index contributed by atoms with van der Waals surface area (Å²) in [5, 5.41) is 0. The van der Waals surface area contributed by atoms with E-state index in [-0.39, 0.29) is 5.78 Å². The Morgan fingerprint density at radius 2 is 1.93 bits per heavy atom. The third-order valence-corrected chi connectivity index (χ3v) is 5.22. The second-order valence-corrected chi connectivity index (χ2v) is 7.07. The van der Waals surface area contributed by atoms with Gasteiger partial charge in [0.1, 0.15) is 23.9 Å². The van der Waals surface area contributed by atoms with Crippen molar-refractivity contribution < 1.29 is 19.0 Å². The molecule has 0 saturated carbocycles. The van der Waals surface area contributed by atoms with Crippen LogP contribution in [0.5, 0.6) is 17.2 Å². The average molecular weight is 404 g/mol. The van der Waals surface area contributed by atoms with Gasteiger partial charge in [-0.3, -0.25) is 4.79 Å². The summed E-state index contributed by atoms with van der Waals surface area (Å²) in [6.45, 7) is 1.27. The Bertz CT molecular complexity index is 1070. The molecule has 4 rings (SSSR count). The summed E-state index contributed by atoms with van der Waals surface area (Å²) in [7, 11) is 3.24. The van der Waals surface area contributed by atoms with Crippen LogP contribution >= 0.6 is 0 Å². The number of carbonyl (C=O) groups is 1. The van der Waals surface area contributed by atoms with Gasteiger partial charge in [0.25, 0.3) is 0 Å². The number of aromatic nitrogens is 2. The number of allylic oxidation sites excluding steroid dienone is 1. The molecule has 30 heavy (non-hydrogen) atoms. The van der Waals surface area contributed by atoms with E-state index in [1.165, 1.54) is 0 Å². The number of rotatable bonds is 7. The number of Topliss-reactive ketones (excluding diaryl/α,β-unsaturated/α-hetero) is 1. The average Bonchev–Trinajstić information content (AvgIpc) is 3.29. The van der Waals surface area contributed by atoms with Gasteiger partial charge >= 0.3 is 0 Å². The highest BCUT2D eigenvalue weighted by atomic mass is 16.5. The lowest BCUT2D eigenvalue weighted by molar-refractivity contribution is 0.102. The van der Waals surface area contributed by atoms with Gasteiger partial charge in [0.15, 0.2) is 5.78 Å². The van der Waals surface area contributed by atoms with Gasteiger partial charge in [-0.25, -0.2) is 4.98 Å². The number of fused-ring (bicyclic) bond motifs is 1. The molecular formula is C24H24N2O4. The molecule has 0 unspecified atom stereocenters. The topological polar surface area (TPSA) is 62.6 Å². The summed E-state index contributed by atoms with van der Waals surface area (Å²) in [6, 6.07) is 11.3. The molecular weight excluding hydrogens is 380 g/mol. The summed E-state index contributed by atoms with van der Waals surface area (Å²) in [5.74, 6) is 2.27. The van der Waals surface area contributed by atoms with Crippen LogP contribution in [0.2, 0.25) is 0 Å². The van der Waals surface area contributed by atoms with Crippen molar-refractivity contribution in [3.05, 3.63) is 77.4 Å². The zero-order chi connectivity index (χ0) is 20.9. The molecule has 0 saturated heterocycles. The molecule has 0 fully saturated rings. The minimum absolute atomic E-state index is 0.0473. The van der Waals surface area contributed by atoms with Gasteiger partial charge in [-0.15, -0.1) is 0 Å². The molecule has 2 aromatic carbocycles. The van der Waals surface area contributed by atoms with E-state index in [2.05, 4.69) is 4.98 Å². The number of benzene rings is 2. The lowest BCUT2D eigenvalue weighted by Gasteiger charge is -2.19. The number of methoxy groups -OCH3 is 2. The molecule has 6 heteroatoms. The van der Waals surface area contributed by atoms with Gasteiger partial charge in [0, 0.05) is 29.1 Å². The molecule has 1 heterocycles. The van der Waals surface area contributed by atoms with Crippen molar-refractivity contribution in [3.63, 3.8) is 0 Å². The summed E-state index contributed by atoms with van der Waals surface area (Å²) in [5.41, 5.74) is 3.36. The van der Waals surface area contributed by atoms with Gasteiger partial charge in [-0.05, 0) is 60.9 Å². The predicted octanol–water partition coefficient (Wildman–Crippen LogP) is 4.19. The third kappa shape index (κ3) is 4.22. The number of imidazole rings is 1. The zero-order valence-corrected chi connectivity index (χ0v) is 17.1. The summed E-state index contributed by atoms with van der Waals surface area (Å²) < 4.78 is 18.6. The molecule has 0 N–H and O–H groups in total. The summed E-state index contributed by atoms with van der Waals surface area (Å²) in [4.78, 5) is 17.1. The molecule has 0 radical (unpaired) electrons. The molecule has 0 aliphatic heterocycles. The lowest BCUT2D eigenvalue weighted by atomic mass is 9.86. The number of ether oxygens (including phenoxy) is 3. The second-order valence-electron chi connectivity index (χ2n) is 7.07. The van der Waals surface area contributed by atoms with Crippen LogP contribution in [0.4, 0.5) is 0 Å². The number of nitrogens with zero attached hydrogens (tertiary/aromatic N) is 2. The van der Waals surface area contributed by atoms with Crippen molar-refractivity contribution in [2.24, 2.45) is 0 Å². The molecule has 3 aromatic rings. The standard InChI is InChI=1S/C24H24N2O4/c1-28-20-6-8-23(29-2)19(15-20)13-18-4-3-17-14-21(5-7-22(17)24(18)27)30-12-11-26-10-9-25-16-26/h5-10,13-16H,3-4,11-12H2,1-2H3/b18-13+. The van der Waals surface area contributed by atoms with Crippen molar-refractivity contribution in [2.45, 2.75) is 19.4 Å². The van der Waals surface area contributed by atoms with Crippen LogP contribution in [0.15, 0.2) is 60.7 Å². The first-order valence-corrected chi connectivity index (χ1v) is 9.86. The van der Waals surface area contributed by atoms with E-state index in [4.69, 9.17) is 14.2 Å². The highest BCUT2D eigenvalue weighted by molar-refractivity contribution is 6.13. The smallest absolute Gasteiger partial charge is 0.189 e.